The Bertz CT molecular complexity index is 953. The van der Waals surface area contributed by atoms with Crippen molar-refractivity contribution in [3.8, 4) is 0 Å². The highest BCUT2D eigenvalue weighted by Gasteiger charge is 2.26. The fourth-order valence-corrected chi connectivity index (χ4v) is 3.23. The molecule has 3 heteroatoms. The Hall–Kier alpha value is -2.94. The van der Waals surface area contributed by atoms with Crippen LogP contribution in [-0.2, 0) is 0 Å². The Balaban J connectivity index is 1.76. The monoisotopic (exact) mass is 314 g/mol. The van der Waals surface area contributed by atoms with Gasteiger partial charge in [0, 0.05) is 17.7 Å². The number of aliphatic imine (C=N–C) groups is 1. The summed E-state index contributed by atoms with van der Waals surface area (Å²) in [6, 6.07) is 22.1. The molecule has 118 valence electrons. The van der Waals surface area contributed by atoms with Crippen LogP contribution in [0.25, 0.3) is 10.8 Å². The van der Waals surface area contributed by atoms with Crippen molar-refractivity contribution in [2.24, 2.45) is 4.99 Å². The minimum atomic E-state index is 0.0166. The van der Waals surface area contributed by atoms with Crippen molar-refractivity contribution in [3.05, 3.63) is 83.4 Å². The zero-order valence-corrected chi connectivity index (χ0v) is 13.6. The van der Waals surface area contributed by atoms with E-state index in [9.17, 15) is 4.79 Å². The van der Waals surface area contributed by atoms with Crippen molar-refractivity contribution in [1.29, 1.82) is 0 Å². The SMILES string of the molecule is Cc1cccc(C(=O)N2CCN=C2c2cccc3ccccc23)c1. The number of aryl methyl sites for hydroxylation is 1. The van der Waals surface area contributed by atoms with Gasteiger partial charge in [0.1, 0.15) is 5.84 Å². The number of nitrogens with zero attached hydrogens (tertiary/aromatic N) is 2. The normalized spacial score (nSPS) is 14.0. The molecule has 0 aromatic heterocycles. The quantitative estimate of drug-likeness (QED) is 0.702. The van der Waals surface area contributed by atoms with Crippen molar-refractivity contribution in [2.75, 3.05) is 13.1 Å². The van der Waals surface area contributed by atoms with E-state index >= 15 is 0 Å². The standard InChI is InChI=1S/C21H18N2O/c1-15-6-4-9-17(14-15)21(24)23-13-12-22-20(23)19-11-5-8-16-7-2-3-10-18(16)19/h2-11,14H,12-13H2,1H3. The molecule has 0 N–H and O–H groups in total. The molecule has 1 aliphatic rings. The zero-order valence-electron chi connectivity index (χ0n) is 13.6. The fourth-order valence-electron chi connectivity index (χ4n) is 3.23. The minimum absolute atomic E-state index is 0.0166. The van der Waals surface area contributed by atoms with E-state index in [4.69, 9.17) is 0 Å². The average molecular weight is 314 g/mol. The second-order valence-corrected chi connectivity index (χ2v) is 6.06. The molecule has 4 rings (SSSR count). The highest BCUT2D eigenvalue weighted by molar-refractivity contribution is 6.18. The molecular weight excluding hydrogens is 296 g/mol. The van der Waals surface area contributed by atoms with E-state index in [2.05, 4.69) is 23.2 Å². The number of hydrogen-bond donors (Lipinski definition) is 0. The third-order valence-electron chi connectivity index (χ3n) is 4.38. The number of carbonyl (C=O) groups is 1. The Kier molecular flexibility index (Phi) is 3.62. The van der Waals surface area contributed by atoms with Crippen LogP contribution in [0.5, 0.6) is 0 Å². The topological polar surface area (TPSA) is 32.7 Å². The number of rotatable bonds is 2. The summed E-state index contributed by atoms with van der Waals surface area (Å²) in [5.41, 5.74) is 2.82. The molecule has 0 spiro atoms. The number of amidine groups is 1. The van der Waals surface area contributed by atoms with Gasteiger partial charge in [0.25, 0.3) is 5.91 Å². The summed E-state index contributed by atoms with van der Waals surface area (Å²) >= 11 is 0. The van der Waals surface area contributed by atoms with Gasteiger partial charge in [0.15, 0.2) is 0 Å². The number of fused-ring (bicyclic) bond motifs is 1. The zero-order chi connectivity index (χ0) is 16.5. The molecule has 3 aromatic carbocycles. The summed E-state index contributed by atoms with van der Waals surface area (Å²) in [6.07, 6.45) is 0. The summed E-state index contributed by atoms with van der Waals surface area (Å²) in [5.74, 6) is 0.793. The minimum Gasteiger partial charge on any atom is -0.291 e. The van der Waals surface area contributed by atoms with Crippen LogP contribution >= 0.6 is 0 Å². The maximum atomic E-state index is 13.0. The molecule has 0 radical (unpaired) electrons. The molecule has 0 aliphatic carbocycles. The number of amides is 1. The molecular formula is C21H18N2O. The van der Waals surface area contributed by atoms with E-state index in [-0.39, 0.29) is 5.91 Å². The second-order valence-electron chi connectivity index (χ2n) is 6.06. The van der Waals surface area contributed by atoms with Crippen LogP contribution in [0.3, 0.4) is 0 Å². The van der Waals surface area contributed by atoms with E-state index in [0.29, 0.717) is 18.7 Å². The largest absolute Gasteiger partial charge is 0.291 e. The molecule has 3 nitrogen and oxygen atoms in total. The van der Waals surface area contributed by atoms with Gasteiger partial charge in [-0.3, -0.25) is 14.7 Å². The first kappa shape index (κ1) is 14.6. The van der Waals surface area contributed by atoms with Crippen molar-refractivity contribution in [2.45, 2.75) is 6.92 Å². The van der Waals surface area contributed by atoms with Crippen LogP contribution in [0.1, 0.15) is 21.5 Å². The molecule has 3 aromatic rings. The summed E-state index contributed by atoms with van der Waals surface area (Å²) in [7, 11) is 0. The number of carbonyl (C=O) groups excluding carboxylic acids is 1. The number of benzene rings is 3. The summed E-state index contributed by atoms with van der Waals surface area (Å²) in [4.78, 5) is 19.4. The molecule has 1 aliphatic heterocycles. The van der Waals surface area contributed by atoms with Crippen LogP contribution in [0.15, 0.2) is 71.7 Å². The van der Waals surface area contributed by atoms with Gasteiger partial charge in [-0.25, -0.2) is 0 Å². The van der Waals surface area contributed by atoms with Gasteiger partial charge in [0.05, 0.1) is 6.54 Å². The van der Waals surface area contributed by atoms with Crippen LogP contribution in [-0.4, -0.2) is 29.7 Å². The highest BCUT2D eigenvalue weighted by Crippen LogP contribution is 2.23. The molecule has 1 amide bonds. The molecule has 1 heterocycles. The van der Waals surface area contributed by atoms with E-state index in [1.165, 1.54) is 0 Å². The van der Waals surface area contributed by atoms with Gasteiger partial charge in [-0.2, -0.15) is 0 Å². The molecule has 24 heavy (non-hydrogen) atoms. The molecule has 0 saturated carbocycles. The first-order valence-corrected chi connectivity index (χ1v) is 8.15. The lowest BCUT2D eigenvalue weighted by molar-refractivity contribution is 0.0858. The van der Waals surface area contributed by atoms with E-state index in [1.807, 2.05) is 55.5 Å². The summed E-state index contributed by atoms with van der Waals surface area (Å²) in [6.45, 7) is 3.28. The van der Waals surface area contributed by atoms with Crippen LogP contribution in [0.2, 0.25) is 0 Å². The molecule has 0 bridgehead atoms. The van der Waals surface area contributed by atoms with Crippen molar-refractivity contribution in [3.63, 3.8) is 0 Å². The Morgan fingerprint density at radius 3 is 2.67 bits per heavy atom. The molecule has 0 atom stereocenters. The maximum Gasteiger partial charge on any atom is 0.259 e. The summed E-state index contributed by atoms with van der Waals surface area (Å²) in [5, 5.41) is 2.29. The lowest BCUT2D eigenvalue weighted by atomic mass is 10.0. The van der Waals surface area contributed by atoms with Crippen LogP contribution < -0.4 is 0 Å². The van der Waals surface area contributed by atoms with Gasteiger partial charge in [-0.05, 0) is 29.8 Å². The van der Waals surface area contributed by atoms with Crippen LogP contribution in [0.4, 0.5) is 0 Å². The third kappa shape index (κ3) is 2.48. The first-order valence-electron chi connectivity index (χ1n) is 8.15. The van der Waals surface area contributed by atoms with Gasteiger partial charge in [0.2, 0.25) is 0 Å². The Morgan fingerprint density at radius 1 is 1.00 bits per heavy atom. The van der Waals surface area contributed by atoms with Crippen molar-refractivity contribution >= 4 is 22.5 Å². The number of hydrogen-bond acceptors (Lipinski definition) is 2. The molecule has 0 saturated heterocycles. The smallest absolute Gasteiger partial charge is 0.259 e. The third-order valence-corrected chi connectivity index (χ3v) is 4.38. The highest BCUT2D eigenvalue weighted by atomic mass is 16.2. The molecule has 0 unspecified atom stereocenters. The maximum absolute atomic E-state index is 13.0. The van der Waals surface area contributed by atoms with Gasteiger partial charge >= 0.3 is 0 Å². The van der Waals surface area contributed by atoms with Crippen LogP contribution in [0, 0.1) is 6.92 Å². The summed E-state index contributed by atoms with van der Waals surface area (Å²) < 4.78 is 0. The fraction of sp³-hybridized carbons (Fsp3) is 0.143. The Labute approximate surface area is 141 Å². The van der Waals surface area contributed by atoms with Gasteiger partial charge in [-0.15, -0.1) is 0 Å². The van der Waals surface area contributed by atoms with Gasteiger partial charge in [-0.1, -0.05) is 60.2 Å². The van der Waals surface area contributed by atoms with E-state index in [0.717, 1.165) is 27.7 Å². The first-order chi connectivity index (χ1) is 11.7. The molecule has 0 fully saturated rings. The van der Waals surface area contributed by atoms with Gasteiger partial charge < -0.3 is 0 Å². The van der Waals surface area contributed by atoms with E-state index < -0.39 is 0 Å². The van der Waals surface area contributed by atoms with E-state index in [1.54, 1.807) is 4.90 Å². The predicted octanol–water partition coefficient (Wildman–Crippen LogP) is 4.05. The average Bonchev–Trinajstić information content (AvgIpc) is 3.10. The predicted molar refractivity (Wildman–Crippen MR) is 97.6 cm³/mol. The lowest BCUT2D eigenvalue weighted by Gasteiger charge is -2.20. The van der Waals surface area contributed by atoms with Crippen molar-refractivity contribution in [1.82, 2.24) is 4.90 Å². The van der Waals surface area contributed by atoms with Crippen molar-refractivity contribution < 1.29 is 4.79 Å². The Morgan fingerprint density at radius 2 is 1.79 bits per heavy atom. The second kappa shape index (κ2) is 5.93. The lowest BCUT2D eigenvalue weighted by Crippen LogP contribution is -2.35.